The lowest BCUT2D eigenvalue weighted by Gasteiger charge is -2.16. The van der Waals surface area contributed by atoms with Crippen LogP contribution in [0.3, 0.4) is 0 Å². The van der Waals surface area contributed by atoms with E-state index < -0.39 is 0 Å². The highest BCUT2D eigenvalue weighted by molar-refractivity contribution is 6.11. The van der Waals surface area contributed by atoms with Gasteiger partial charge in [0.15, 0.2) is 0 Å². The van der Waals surface area contributed by atoms with Gasteiger partial charge < -0.3 is 9.13 Å². The van der Waals surface area contributed by atoms with Crippen LogP contribution in [0.1, 0.15) is 16.7 Å². The third-order valence-electron chi connectivity index (χ3n) is 9.65. The molecule has 0 spiro atoms. The predicted octanol–water partition coefficient (Wildman–Crippen LogP) is 10.8. The largest absolute Gasteiger partial charge is 0.308 e. The summed E-state index contributed by atoms with van der Waals surface area (Å²) in [6.45, 7) is 0. The van der Waals surface area contributed by atoms with Gasteiger partial charge in [0.2, 0.25) is 0 Å². The van der Waals surface area contributed by atoms with Crippen molar-refractivity contribution in [2.45, 2.75) is 0 Å². The third kappa shape index (κ3) is 4.31. The summed E-state index contributed by atoms with van der Waals surface area (Å²) in [5, 5.41) is 34.5. The topological polar surface area (TPSA) is 81.2 Å². The Balaban J connectivity index is 1.16. The fourth-order valence-corrected chi connectivity index (χ4v) is 7.42. The summed E-state index contributed by atoms with van der Waals surface area (Å²) in [6.07, 6.45) is 0. The van der Waals surface area contributed by atoms with Crippen LogP contribution in [0.2, 0.25) is 0 Å². The summed E-state index contributed by atoms with van der Waals surface area (Å²) in [5.41, 5.74) is 11.3. The number of hydrogen-bond donors (Lipinski definition) is 0. The smallest absolute Gasteiger partial charge is 0.101 e. The number of nitrogens with zero attached hydrogens (tertiary/aromatic N) is 5. The fraction of sp³-hybridized carbons (Fsp3) is 0. The van der Waals surface area contributed by atoms with Crippen LogP contribution < -0.4 is 0 Å². The monoisotopic (exact) mass is 635 g/mol. The van der Waals surface area contributed by atoms with Crippen LogP contribution in [-0.4, -0.2) is 9.13 Å². The van der Waals surface area contributed by atoms with E-state index in [2.05, 4.69) is 94.1 Å². The molecular formula is C45H25N5. The van der Waals surface area contributed by atoms with E-state index in [1.165, 1.54) is 0 Å². The van der Waals surface area contributed by atoms with Gasteiger partial charge in [-0.2, -0.15) is 15.8 Å². The van der Waals surface area contributed by atoms with Crippen LogP contribution in [0.25, 0.3) is 77.2 Å². The summed E-state index contributed by atoms with van der Waals surface area (Å²) in [5.74, 6) is 0. The Kier molecular flexibility index (Phi) is 6.56. The highest BCUT2D eigenvalue weighted by atomic mass is 15.0. The first kappa shape index (κ1) is 28.8. The Labute approximate surface area is 287 Å². The molecule has 5 heteroatoms. The van der Waals surface area contributed by atoms with E-state index >= 15 is 0 Å². The molecule has 0 fully saturated rings. The Morgan fingerprint density at radius 2 is 0.940 bits per heavy atom. The minimum Gasteiger partial charge on any atom is -0.308 e. The maximum atomic E-state index is 10.4. The number of rotatable bonds is 4. The van der Waals surface area contributed by atoms with Gasteiger partial charge in [0.1, 0.15) is 12.1 Å². The zero-order valence-corrected chi connectivity index (χ0v) is 26.7. The first-order chi connectivity index (χ1) is 24.7. The van der Waals surface area contributed by atoms with Crippen molar-refractivity contribution in [3.63, 3.8) is 0 Å². The molecule has 9 rings (SSSR count). The minimum atomic E-state index is 0.550. The van der Waals surface area contributed by atoms with Crippen molar-refractivity contribution >= 4 is 43.6 Å². The molecule has 9 aromatic rings. The van der Waals surface area contributed by atoms with E-state index in [0.29, 0.717) is 16.7 Å². The molecule has 2 aromatic heterocycles. The predicted molar refractivity (Wildman–Crippen MR) is 200 cm³/mol. The molecule has 0 saturated carbocycles. The van der Waals surface area contributed by atoms with Crippen molar-refractivity contribution in [3.8, 4) is 51.8 Å². The molecule has 0 aliphatic rings. The zero-order chi connectivity index (χ0) is 33.8. The van der Waals surface area contributed by atoms with E-state index in [0.717, 1.165) is 77.2 Å². The first-order valence-electron chi connectivity index (χ1n) is 16.3. The van der Waals surface area contributed by atoms with Crippen LogP contribution in [0.15, 0.2) is 152 Å². The number of nitriles is 3. The molecule has 230 valence electrons. The van der Waals surface area contributed by atoms with Crippen molar-refractivity contribution in [2.75, 3.05) is 0 Å². The first-order valence-corrected chi connectivity index (χ1v) is 16.3. The molecule has 0 amide bonds. The van der Waals surface area contributed by atoms with Crippen molar-refractivity contribution in [3.05, 3.63) is 168 Å². The SMILES string of the molecule is N#Cc1ccc2c(c1)c1ccccc1n2-c1ccc(-c2ccc(-c3cccc(C#N)c3-n3c4ccccc4c4ccccc43)cc2)cc1C#N. The number of hydrogen-bond acceptors (Lipinski definition) is 3. The lowest BCUT2D eigenvalue weighted by molar-refractivity contribution is 1.17. The number of aromatic nitrogens is 2. The van der Waals surface area contributed by atoms with Crippen LogP contribution in [0.5, 0.6) is 0 Å². The van der Waals surface area contributed by atoms with Gasteiger partial charge in [0, 0.05) is 27.1 Å². The molecule has 0 aliphatic heterocycles. The van der Waals surface area contributed by atoms with Gasteiger partial charge in [-0.3, -0.25) is 0 Å². The highest BCUT2D eigenvalue weighted by Crippen LogP contribution is 2.39. The molecule has 0 radical (unpaired) electrons. The van der Waals surface area contributed by atoms with E-state index in [1.54, 1.807) is 0 Å². The Morgan fingerprint density at radius 3 is 1.58 bits per heavy atom. The molecular weight excluding hydrogens is 611 g/mol. The second kappa shape index (κ2) is 11.4. The molecule has 0 unspecified atom stereocenters. The molecule has 0 N–H and O–H groups in total. The average Bonchev–Trinajstić information content (AvgIpc) is 3.69. The molecule has 5 nitrogen and oxygen atoms in total. The summed E-state index contributed by atoms with van der Waals surface area (Å²) in [6, 6.07) is 57.7. The summed E-state index contributed by atoms with van der Waals surface area (Å²) >= 11 is 0. The molecule has 0 atom stereocenters. The van der Waals surface area contributed by atoms with Gasteiger partial charge >= 0.3 is 0 Å². The van der Waals surface area contributed by atoms with Gasteiger partial charge in [-0.25, -0.2) is 0 Å². The molecule has 2 heterocycles. The Hall–Kier alpha value is -7.39. The van der Waals surface area contributed by atoms with Gasteiger partial charge in [-0.05, 0) is 71.3 Å². The lowest BCUT2D eigenvalue weighted by atomic mass is 9.96. The summed E-state index contributed by atoms with van der Waals surface area (Å²) < 4.78 is 4.32. The zero-order valence-electron chi connectivity index (χ0n) is 26.7. The van der Waals surface area contributed by atoms with Gasteiger partial charge in [-0.15, -0.1) is 0 Å². The average molecular weight is 636 g/mol. The molecule has 7 aromatic carbocycles. The van der Waals surface area contributed by atoms with Crippen molar-refractivity contribution in [1.82, 2.24) is 9.13 Å². The quantitative estimate of drug-likeness (QED) is 0.193. The molecule has 0 bridgehead atoms. The van der Waals surface area contributed by atoms with Gasteiger partial charge in [-0.1, -0.05) is 97.1 Å². The molecule has 0 aliphatic carbocycles. The fourth-order valence-electron chi connectivity index (χ4n) is 7.42. The van der Waals surface area contributed by atoms with Crippen LogP contribution in [-0.2, 0) is 0 Å². The lowest BCUT2D eigenvalue weighted by Crippen LogP contribution is -2.00. The number of para-hydroxylation sites is 4. The second-order valence-electron chi connectivity index (χ2n) is 12.3. The van der Waals surface area contributed by atoms with Crippen molar-refractivity contribution in [1.29, 1.82) is 15.8 Å². The molecule has 50 heavy (non-hydrogen) atoms. The van der Waals surface area contributed by atoms with Crippen molar-refractivity contribution < 1.29 is 0 Å². The summed E-state index contributed by atoms with van der Waals surface area (Å²) in [7, 11) is 0. The van der Waals surface area contributed by atoms with Crippen molar-refractivity contribution in [2.24, 2.45) is 0 Å². The van der Waals surface area contributed by atoms with Crippen LogP contribution in [0, 0.1) is 34.0 Å². The van der Waals surface area contributed by atoms with E-state index in [4.69, 9.17) is 0 Å². The van der Waals surface area contributed by atoms with E-state index in [1.807, 2.05) is 84.9 Å². The third-order valence-corrected chi connectivity index (χ3v) is 9.65. The maximum absolute atomic E-state index is 10.4. The second-order valence-corrected chi connectivity index (χ2v) is 12.3. The Morgan fingerprint density at radius 1 is 0.380 bits per heavy atom. The van der Waals surface area contributed by atoms with E-state index in [-0.39, 0.29) is 0 Å². The van der Waals surface area contributed by atoms with Gasteiger partial charge in [0.05, 0.1) is 56.2 Å². The highest BCUT2D eigenvalue weighted by Gasteiger charge is 2.19. The normalized spacial score (nSPS) is 11.1. The Bertz CT molecular complexity index is 2900. The maximum Gasteiger partial charge on any atom is 0.101 e. The minimum absolute atomic E-state index is 0.550. The van der Waals surface area contributed by atoms with E-state index in [9.17, 15) is 15.8 Å². The summed E-state index contributed by atoms with van der Waals surface area (Å²) in [4.78, 5) is 0. The van der Waals surface area contributed by atoms with Crippen LogP contribution in [0.4, 0.5) is 0 Å². The van der Waals surface area contributed by atoms with Crippen LogP contribution >= 0.6 is 0 Å². The number of benzene rings is 7. The van der Waals surface area contributed by atoms with Gasteiger partial charge in [0.25, 0.3) is 0 Å². The standard InChI is InChI=1S/C45H25N5/c46-26-29-16-22-44-39(24-29)38-11-3-4-13-41(38)49(44)40-23-21-32(25-34(40)28-48)30-17-19-31(20-18-30)35-12-7-8-33(27-47)45(35)50-42-14-5-1-9-36(42)37-10-2-6-15-43(37)50/h1-25H. The molecule has 0 saturated heterocycles. The number of fused-ring (bicyclic) bond motifs is 6.